The molecule has 0 saturated carbocycles. The molecule has 0 aliphatic carbocycles. The molecular weight excluding hydrogens is 443 g/mol. The van der Waals surface area contributed by atoms with Crippen LogP contribution < -0.4 is 0 Å². The maximum Gasteiger partial charge on any atom is 0.332 e. The lowest BCUT2D eigenvalue weighted by Gasteiger charge is -2.19. The van der Waals surface area contributed by atoms with Crippen molar-refractivity contribution in [2.75, 3.05) is 112 Å². The molecule has 0 aromatic rings. The summed E-state index contributed by atoms with van der Waals surface area (Å²) in [6.07, 6.45) is 0. The first-order chi connectivity index (χ1) is 16.0. The molecule has 198 valence electrons. The van der Waals surface area contributed by atoms with Crippen LogP contribution in [-0.4, -0.2) is 124 Å². The lowest BCUT2D eigenvalue weighted by molar-refractivity contribution is -0.160. The summed E-state index contributed by atoms with van der Waals surface area (Å²) < 4.78 is 59.2. The average Bonchev–Trinajstić information content (AvgIpc) is 2.75. The van der Waals surface area contributed by atoms with Gasteiger partial charge < -0.3 is 42.6 Å². The van der Waals surface area contributed by atoms with Gasteiger partial charge in [-0.1, -0.05) is 0 Å². The van der Waals surface area contributed by atoms with Crippen LogP contribution in [-0.2, 0) is 47.4 Å². The van der Waals surface area contributed by atoms with Gasteiger partial charge in [-0.05, 0) is 20.8 Å². The number of rotatable bonds is 25. The Hall–Kier alpha value is -0.920. The third-order valence-corrected chi connectivity index (χ3v) is 3.47. The van der Waals surface area contributed by atoms with Crippen LogP contribution in [0.1, 0.15) is 20.8 Å². The van der Waals surface area contributed by atoms with Gasteiger partial charge in [-0.25, -0.2) is 9.18 Å². The molecule has 0 bridgehead atoms. The highest BCUT2D eigenvalue weighted by Gasteiger charge is 2.15. The van der Waals surface area contributed by atoms with Crippen molar-refractivity contribution in [2.45, 2.75) is 26.4 Å². The van der Waals surface area contributed by atoms with Crippen LogP contribution in [0, 0.1) is 0 Å². The van der Waals surface area contributed by atoms with Crippen LogP contribution in [0.15, 0.2) is 0 Å². The maximum atomic E-state index is 11.8. The molecule has 0 unspecified atom stereocenters. The standard InChI is InChI=1S/C22H43FO10/c1-22(2,3)33-21(24)20-32-19-18-31-17-16-30-15-14-29-13-12-28-11-10-27-9-8-26-7-6-25-5-4-23/h4-20H2,1-3H3. The van der Waals surface area contributed by atoms with E-state index < -0.39 is 12.3 Å². The van der Waals surface area contributed by atoms with Crippen molar-refractivity contribution in [3.8, 4) is 0 Å². The Balaban J connectivity index is 3.10. The van der Waals surface area contributed by atoms with Gasteiger partial charge in [0.05, 0.1) is 99.1 Å². The van der Waals surface area contributed by atoms with Crippen LogP contribution in [0.5, 0.6) is 0 Å². The third kappa shape index (κ3) is 29.0. The van der Waals surface area contributed by atoms with Gasteiger partial charge >= 0.3 is 5.97 Å². The molecule has 10 nitrogen and oxygen atoms in total. The molecule has 0 aromatic carbocycles. The van der Waals surface area contributed by atoms with E-state index in [4.69, 9.17) is 42.6 Å². The number of hydrogen-bond donors (Lipinski definition) is 0. The van der Waals surface area contributed by atoms with Crippen LogP contribution in [0.4, 0.5) is 4.39 Å². The number of hydrogen-bond acceptors (Lipinski definition) is 10. The number of carbonyl (C=O) groups excluding carboxylic acids is 1. The van der Waals surface area contributed by atoms with Crippen LogP contribution in [0.2, 0.25) is 0 Å². The minimum atomic E-state index is -0.508. The summed E-state index contributed by atoms with van der Waals surface area (Å²) in [5.74, 6) is -0.388. The van der Waals surface area contributed by atoms with E-state index in [0.29, 0.717) is 92.5 Å². The Labute approximate surface area is 197 Å². The zero-order valence-electron chi connectivity index (χ0n) is 20.5. The summed E-state index contributed by atoms with van der Waals surface area (Å²) in [6, 6.07) is 0. The summed E-state index contributed by atoms with van der Waals surface area (Å²) in [7, 11) is 0. The first-order valence-electron chi connectivity index (χ1n) is 11.4. The molecule has 0 heterocycles. The highest BCUT2D eigenvalue weighted by molar-refractivity contribution is 5.71. The second kappa shape index (κ2) is 24.2. The summed E-state index contributed by atoms with van der Waals surface area (Å²) in [4.78, 5) is 11.4. The molecule has 0 rings (SSSR count). The zero-order valence-corrected chi connectivity index (χ0v) is 20.5. The summed E-state index contributed by atoms with van der Waals surface area (Å²) in [5.41, 5.74) is -0.508. The summed E-state index contributed by atoms with van der Waals surface area (Å²) in [5, 5.41) is 0. The monoisotopic (exact) mass is 486 g/mol. The van der Waals surface area contributed by atoms with Crippen molar-refractivity contribution in [1.29, 1.82) is 0 Å². The lowest BCUT2D eigenvalue weighted by atomic mass is 10.2. The highest BCUT2D eigenvalue weighted by Crippen LogP contribution is 2.06. The highest BCUT2D eigenvalue weighted by atomic mass is 19.1. The molecule has 0 fully saturated rings. The van der Waals surface area contributed by atoms with Crippen molar-refractivity contribution in [2.24, 2.45) is 0 Å². The van der Waals surface area contributed by atoms with E-state index in [2.05, 4.69) is 0 Å². The maximum absolute atomic E-state index is 11.8. The Morgan fingerprint density at radius 2 is 0.788 bits per heavy atom. The molecule has 0 aliphatic heterocycles. The van der Waals surface area contributed by atoms with E-state index in [-0.39, 0.29) is 19.2 Å². The van der Waals surface area contributed by atoms with Gasteiger partial charge in [-0.2, -0.15) is 0 Å². The van der Waals surface area contributed by atoms with Crippen LogP contribution in [0.25, 0.3) is 0 Å². The van der Waals surface area contributed by atoms with Crippen molar-refractivity contribution < 1.29 is 51.8 Å². The topological polar surface area (TPSA) is 100 Å². The largest absolute Gasteiger partial charge is 0.458 e. The van der Waals surface area contributed by atoms with Crippen molar-refractivity contribution in [3.63, 3.8) is 0 Å². The molecular formula is C22H43FO10. The molecule has 33 heavy (non-hydrogen) atoms. The van der Waals surface area contributed by atoms with E-state index in [1.165, 1.54) is 0 Å². The van der Waals surface area contributed by atoms with Gasteiger partial charge in [0.1, 0.15) is 18.9 Å². The molecule has 0 spiro atoms. The second-order valence-electron chi connectivity index (χ2n) is 7.61. The molecule has 11 heteroatoms. The van der Waals surface area contributed by atoms with Gasteiger partial charge in [0, 0.05) is 0 Å². The first-order valence-corrected chi connectivity index (χ1v) is 11.4. The van der Waals surface area contributed by atoms with Gasteiger partial charge in [-0.3, -0.25) is 0 Å². The molecule has 0 aromatic heterocycles. The number of carbonyl (C=O) groups is 1. The van der Waals surface area contributed by atoms with Gasteiger partial charge in [0.25, 0.3) is 0 Å². The van der Waals surface area contributed by atoms with E-state index in [1.807, 2.05) is 20.8 Å². The number of alkyl halides is 1. The SMILES string of the molecule is CC(C)(C)OC(=O)COCCOCCOCCOCCOCCOCCOCCOCCF. The second-order valence-corrected chi connectivity index (χ2v) is 7.61. The first kappa shape index (κ1) is 32.1. The molecule has 0 radical (unpaired) electrons. The average molecular weight is 487 g/mol. The molecule has 0 aliphatic rings. The lowest BCUT2D eigenvalue weighted by Crippen LogP contribution is -2.27. The molecule has 0 N–H and O–H groups in total. The van der Waals surface area contributed by atoms with E-state index in [1.54, 1.807) is 0 Å². The predicted molar refractivity (Wildman–Crippen MR) is 118 cm³/mol. The normalized spacial score (nSPS) is 11.8. The summed E-state index contributed by atoms with van der Waals surface area (Å²) in [6.45, 7) is 11.2. The Morgan fingerprint density at radius 1 is 0.515 bits per heavy atom. The fraction of sp³-hybridized carbons (Fsp3) is 0.955. The van der Waals surface area contributed by atoms with E-state index in [9.17, 15) is 9.18 Å². The Morgan fingerprint density at radius 3 is 1.06 bits per heavy atom. The van der Waals surface area contributed by atoms with Crippen LogP contribution in [0.3, 0.4) is 0 Å². The van der Waals surface area contributed by atoms with Crippen LogP contribution >= 0.6 is 0 Å². The quantitative estimate of drug-likeness (QED) is 0.139. The Bertz CT molecular complexity index is 420. The van der Waals surface area contributed by atoms with Gasteiger partial charge in [0.15, 0.2) is 0 Å². The van der Waals surface area contributed by atoms with E-state index >= 15 is 0 Å². The predicted octanol–water partition coefficient (Wildman–Crippen LogP) is 1.43. The van der Waals surface area contributed by atoms with Crippen molar-refractivity contribution in [3.05, 3.63) is 0 Å². The number of esters is 1. The number of halogens is 1. The summed E-state index contributed by atoms with van der Waals surface area (Å²) >= 11 is 0. The third-order valence-electron chi connectivity index (χ3n) is 3.47. The molecule has 0 atom stereocenters. The fourth-order valence-corrected chi connectivity index (χ4v) is 2.12. The molecule has 0 saturated heterocycles. The van der Waals surface area contributed by atoms with Crippen molar-refractivity contribution in [1.82, 2.24) is 0 Å². The molecule has 0 amide bonds. The minimum Gasteiger partial charge on any atom is -0.458 e. The van der Waals surface area contributed by atoms with Gasteiger partial charge in [-0.15, -0.1) is 0 Å². The minimum absolute atomic E-state index is 0.0827. The van der Waals surface area contributed by atoms with Crippen molar-refractivity contribution >= 4 is 5.97 Å². The zero-order chi connectivity index (χ0) is 24.5. The smallest absolute Gasteiger partial charge is 0.332 e. The Kier molecular flexibility index (Phi) is 23.5. The fourth-order valence-electron chi connectivity index (χ4n) is 2.12. The number of ether oxygens (including phenoxy) is 9. The van der Waals surface area contributed by atoms with Gasteiger partial charge in [0.2, 0.25) is 0 Å². The van der Waals surface area contributed by atoms with E-state index in [0.717, 1.165) is 0 Å².